The second-order valence-corrected chi connectivity index (χ2v) is 4.52. The average molecular weight is 230 g/mol. The van der Waals surface area contributed by atoms with Crippen molar-refractivity contribution in [2.75, 3.05) is 46.8 Å². The summed E-state index contributed by atoms with van der Waals surface area (Å²) in [6.45, 7) is 7.76. The van der Waals surface area contributed by atoms with Gasteiger partial charge in [0.15, 0.2) is 0 Å². The minimum atomic E-state index is 0.316. The molecule has 0 fully saturated rings. The fourth-order valence-electron chi connectivity index (χ4n) is 1.68. The highest BCUT2D eigenvalue weighted by Crippen LogP contribution is 1.98. The fraction of sp³-hybridized carbons (Fsp3) is 1.00. The lowest BCUT2D eigenvalue weighted by molar-refractivity contribution is 0.257. The van der Waals surface area contributed by atoms with E-state index in [0.717, 1.165) is 26.1 Å². The molecule has 16 heavy (non-hydrogen) atoms. The first-order valence-electron chi connectivity index (χ1n) is 6.47. The first-order valence-corrected chi connectivity index (χ1v) is 6.47. The zero-order valence-electron chi connectivity index (χ0n) is 11.3. The van der Waals surface area contributed by atoms with Crippen molar-refractivity contribution in [3.05, 3.63) is 0 Å². The van der Waals surface area contributed by atoms with Crippen LogP contribution in [0.4, 0.5) is 0 Å². The summed E-state index contributed by atoms with van der Waals surface area (Å²) in [5.74, 6) is 0. The monoisotopic (exact) mass is 230 g/mol. The number of hydrogen-bond donors (Lipinski definition) is 3. The van der Waals surface area contributed by atoms with Gasteiger partial charge in [0.1, 0.15) is 0 Å². The van der Waals surface area contributed by atoms with Crippen molar-refractivity contribution in [3.63, 3.8) is 0 Å². The maximum absolute atomic E-state index is 5.80. The molecule has 4 heteroatoms. The highest BCUT2D eigenvalue weighted by molar-refractivity contribution is 4.63. The second kappa shape index (κ2) is 11.3. The van der Waals surface area contributed by atoms with E-state index in [1.165, 1.54) is 25.9 Å². The van der Waals surface area contributed by atoms with E-state index >= 15 is 0 Å². The van der Waals surface area contributed by atoms with Gasteiger partial charge >= 0.3 is 0 Å². The Hall–Kier alpha value is -0.160. The van der Waals surface area contributed by atoms with Crippen molar-refractivity contribution < 1.29 is 0 Å². The molecule has 1 unspecified atom stereocenters. The molecule has 0 aliphatic heterocycles. The third kappa shape index (κ3) is 10.4. The molecule has 0 saturated carbocycles. The molecule has 0 radical (unpaired) electrons. The smallest absolute Gasteiger partial charge is 0.00226 e. The van der Waals surface area contributed by atoms with Crippen LogP contribution in [0.5, 0.6) is 0 Å². The third-order valence-corrected chi connectivity index (χ3v) is 2.70. The van der Waals surface area contributed by atoms with Crippen LogP contribution >= 0.6 is 0 Å². The minimum Gasteiger partial charge on any atom is -0.328 e. The summed E-state index contributed by atoms with van der Waals surface area (Å²) in [4.78, 5) is 2.53. The van der Waals surface area contributed by atoms with E-state index in [1.807, 2.05) is 14.1 Å². The fourth-order valence-corrected chi connectivity index (χ4v) is 1.68. The molecule has 0 spiro atoms. The number of nitrogens with two attached hydrogens (primary N) is 1. The lowest BCUT2D eigenvalue weighted by Crippen LogP contribution is -2.33. The van der Waals surface area contributed by atoms with Crippen LogP contribution in [0.3, 0.4) is 0 Å². The van der Waals surface area contributed by atoms with E-state index in [-0.39, 0.29) is 0 Å². The van der Waals surface area contributed by atoms with Crippen molar-refractivity contribution in [2.24, 2.45) is 5.73 Å². The lowest BCUT2D eigenvalue weighted by atomic mass is 10.2. The summed E-state index contributed by atoms with van der Waals surface area (Å²) in [5, 5.41) is 6.38. The summed E-state index contributed by atoms with van der Waals surface area (Å²) >= 11 is 0. The molecule has 0 saturated heterocycles. The van der Waals surface area contributed by atoms with Gasteiger partial charge in [-0.05, 0) is 73.0 Å². The largest absolute Gasteiger partial charge is 0.328 e. The van der Waals surface area contributed by atoms with Gasteiger partial charge in [-0.3, -0.25) is 0 Å². The molecule has 0 aliphatic rings. The number of nitrogens with one attached hydrogen (secondary N) is 2. The summed E-state index contributed by atoms with van der Waals surface area (Å²) in [6.07, 6.45) is 3.53. The van der Waals surface area contributed by atoms with Gasteiger partial charge in [-0.2, -0.15) is 0 Å². The van der Waals surface area contributed by atoms with Crippen LogP contribution in [-0.2, 0) is 0 Å². The van der Waals surface area contributed by atoms with E-state index < -0.39 is 0 Å². The van der Waals surface area contributed by atoms with E-state index in [9.17, 15) is 0 Å². The zero-order chi connectivity index (χ0) is 12.2. The Morgan fingerprint density at radius 2 is 1.50 bits per heavy atom. The van der Waals surface area contributed by atoms with Gasteiger partial charge < -0.3 is 21.3 Å². The molecule has 0 aliphatic carbocycles. The number of rotatable bonds is 11. The molecule has 98 valence electrons. The maximum Gasteiger partial charge on any atom is 0.00226 e. The number of nitrogens with zero attached hydrogens (tertiary/aromatic N) is 1. The van der Waals surface area contributed by atoms with Gasteiger partial charge in [0.2, 0.25) is 0 Å². The van der Waals surface area contributed by atoms with Gasteiger partial charge in [-0.1, -0.05) is 0 Å². The average Bonchev–Trinajstić information content (AvgIpc) is 2.25. The van der Waals surface area contributed by atoms with Crippen LogP contribution in [0.1, 0.15) is 26.2 Å². The summed E-state index contributed by atoms with van der Waals surface area (Å²) in [5.41, 5.74) is 5.80. The molecule has 4 nitrogen and oxygen atoms in total. The summed E-state index contributed by atoms with van der Waals surface area (Å²) in [6, 6.07) is 0.316. The van der Waals surface area contributed by atoms with E-state index in [0.29, 0.717) is 6.04 Å². The quantitative estimate of drug-likeness (QED) is 0.445. The molecular formula is C12H30N4. The van der Waals surface area contributed by atoms with E-state index in [1.54, 1.807) is 0 Å². The molecular weight excluding hydrogens is 200 g/mol. The van der Waals surface area contributed by atoms with Crippen LogP contribution in [0.15, 0.2) is 0 Å². The number of hydrogen-bond acceptors (Lipinski definition) is 4. The van der Waals surface area contributed by atoms with Gasteiger partial charge in [0, 0.05) is 6.04 Å². The summed E-state index contributed by atoms with van der Waals surface area (Å²) < 4.78 is 0. The molecule has 1 atom stereocenters. The first kappa shape index (κ1) is 15.8. The second-order valence-electron chi connectivity index (χ2n) is 4.52. The molecule has 4 N–H and O–H groups in total. The van der Waals surface area contributed by atoms with Gasteiger partial charge in [-0.15, -0.1) is 0 Å². The Labute approximate surface area is 101 Å². The first-order chi connectivity index (χ1) is 7.70. The van der Waals surface area contributed by atoms with Crippen molar-refractivity contribution in [1.82, 2.24) is 15.5 Å². The standard InChI is InChI=1S/C12H30N4/c1-12(13)6-11-16(9-4-7-14-2)10-5-8-15-3/h12,14-15H,4-11,13H2,1-3H3. The normalized spacial score (nSPS) is 13.3. The zero-order valence-corrected chi connectivity index (χ0v) is 11.3. The molecule has 0 aromatic carbocycles. The Bertz CT molecular complexity index is 129. The van der Waals surface area contributed by atoms with Crippen molar-refractivity contribution >= 4 is 0 Å². The molecule has 0 aromatic rings. The Kier molecular flexibility index (Phi) is 11.2. The molecule has 0 rings (SSSR count). The van der Waals surface area contributed by atoms with Crippen molar-refractivity contribution in [3.8, 4) is 0 Å². The van der Waals surface area contributed by atoms with E-state index in [2.05, 4.69) is 22.5 Å². The Balaban J connectivity index is 3.67. The summed E-state index contributed by atoms with van der Waals surface area (Å²) in [7, 11) is 4.01. The van der Waals surface area contributed by atoms with Crippen LogP contribution < -0.4 is 16.4 Å². The topological polar surface area (TPSA) is 53.3 Å². The third-order valence-electron chi connectivity index (χ3n) is 2.70. The predicted octanol–water partition coefficient (Wildman–Crippen LogP) is 0.245. The maximum atomic E-state index is 5.80. The van der Waals surface area contributed by atoms with E-state index in [4.69, 9.17) is 5.73 Å². The van der Waals surface area contributed by atoms with Crippen molar-refractivity contribution in [1.29, 1.82) is 0 Å². The van der Waals surface area contributed by atoms with Crippen molar-refractivity contribution in [2.45, 2.75) is 32.2 Å². The molecule has 0 aromatic heterocycles. The molecule has 0 bridgehead atoms. The van der Waals surface area contributed by atoms with Gasteiger partial charge in [-0.25, -0.2) is 0 Å². The highest BCUT2D eigenvalue weighted by atomic mass is 15.1. The van der Waals surface area contributed by atoms with Gasteiger partial charge in [0.05, 0.1) is 0 Å². The van der Waals surface area contributed by atoms with Gasteiger partial charge in [0.25, 0.3) is 0 Å². The van der Waals surface area contributed by atoms with Crippen LogP contribution in [0, 0.1) is 0 Å². The van der Waals surface area contributed by atoms with Crippen LogP contribution in [0.25, 0.3) is 0 Å². The molecule has 0 heterocycles. The predicted molar refractivity (Wildman–Crippen MR) is 71.8 cm³/mol. The molecule has 0 amide bonds. The lowest BCUT2D eigenvalue weighted by Gasteiger charge is -2.23. The highest BCUT2D eigenvalue weighted by Gasteiger charge is 2.05. The Morgan fingerprint density at radius 1 is 1.00 bits per heavy atom. The van der Waals surface area contributed by atoms with Crippen LogP contribution in [-0.4, -0.2) is 57.8 Å². The van der Waals surface area contributed by atoms with Crippen LogP contribution in [0.2, 0.25) is 0 Å². The Morgan fingerprint density at radius 3 is 1.88 bits per heavy atom. The SMILES string of the molecule is CNCCCN(CCCNC)CCC(C)N. The minimum absolute atomic E-state index is 0.316.